The quantitative estimate of drug-likeness (QED) is 0.812. The van der Waals surface area contributed by atoms with Crippen molar-refractivity contribution in [3.05, 3.63) is 33.6 Å². The molecular weight excluding hydrogens is 280 g/mol. The number of rotatable bonds is 1. The summed E-state index contributed by atoms with van der Waals surface area (Å²) in [6.07, 6.45) is 0. The molecule has 1 aliphatic rings. The summed E-state index contributed by atoms with van der Waals surface area (Å²) < 4.78 is 1.06. The molecule has 0 amide bonds. The molecule has 6 nitrogen and oxygen atoms in total. The molecule has 0 atom stereocenters. The van der Waals surface area contributed by atoms with Crippen LogP contribution in [0, 0.1) is 13.8 Å². The zero-order valence-electron chi connectivity index (χ0n) is 13.5. The zero-order chi connectivity index (χ0) is 16.2. The number of nitrogens with zero attached hydrogens (tertiary/aromatic N) is 4. The van der Waals surface area contributed by atoms with Crippen molar-refractivity contribution in [3.8, 4) is 6.01 Å². The predicted octanol–water partition coefficient (Wildman–Crippen LogP) is 2.78. The maximum atomic E-state index is 12.6. The van der Waals surface area contributed by atoms with Gasteiger partial charge >= 0.3 is 6.01 Å². The average molecular weight is 299 g/mol. The Hall–Kier alpha value is -2.50. The topological polar surface area (TPSA) is 61.3 Å². The second-order valence-electron chi connectivity index (χ2n) is 5.66. The first-order chi connectivity index (χ1) is 10.4. The van der Waals surface area contributed by atoms with Crippen LogP contribution in [0.2, 0.25) is 0 Å². The SMILES string of the molecule is CCN1c2cc(C)c(C)cc2N(C)c2nc([O])n(C)c(=O)c21. The molecule has 1 aromatic heterocycles. The van der Waals surface area contributed by atoms with E-state index in [1.54, 1.807) is 0 Å². The average Bonchev–Trinajstić information content (AvgIpc) is 2.49. The molecular formula is C16H19N4O2. The van der Waals surface area contributed by atoms with E-state index in [4.69, 9.17) is 0 Å². The largest absolute Gasteiger partial charge is 0.352 e. The van der Waals surface area contributed by atoms with Gasteiger partial charge in [-0.2, -0.15) is 4.98 Å². The lowest BCUT2D eigenvalue weighted by atomic mass is 10.0. The van der Waals surface area contributed by atoms with Crippen LogP contribution in [0.4, 0.5) is 22.9 Å². The summed E-state index contributed by atoms with van der Waals surface area (Å²) in [6.45, 7) is 6.71. The predicted molar refractivity (Wildman–Crippen MR) is 86.3 cm³/mol. The first kappa shape index (κ1) is 14.4. The van der Waals surface area contributed by atoms with Gasteiger partial charge in [-0.1, -0.05) is 0 Å². The number of benzene rings is 1. The van der Waals surface area contributed by atoms with Gasteiger partial charge in [0, 0.05) is 20.6 Å². The van der Waals surface area contributed by atoms with E-state index < -0.39 is 6.01 Å². The molecule has 3 rings (SSSR count). The molecule has 0 unspecified atom stereocenters. The van der Waals surface area contributed by atoms with E-state index >= 15 is 0 Å². The highest BCUT2D eigenvalue weighted by Crippen LogP contribution is 2.45. The normalized spacial score (nSPS) is 13.1. The summed E-state index contributed by atoms with van der Waals surface area (Å²) in [4.78, 5) is 20.4. The first-order valence-electron chi connectivity index (χ1n) is 7.27. The van der Waals surface area contributed by atoms with E-state index in [0.717, 1.165) is 21.5 Å². The molecule has 22 heavy (non-hydrogen) atoms. The third kappa shape index (κ3) is 1.80. The third-order valence-corrected chi connectivity index (χ3v) is 4.35. The lowest BCUT2D eigenvalue weighted by molar-refractivity contribution is 0.298. The highest BCUT2D eigenvalue weighted by molar-refractivity contribution is 5.91. The minimum absolute atomic E-state index is 0.312. The second-order valence-corrected chi connectivity index (χ2v) is 5.66. The Kier molecular flexibility index (Phi) is 3.12. The molecule has 1 aromatic carbocycles. The Morgan fingerprint density at radius 1 is 1.09 bits per heavy atom. The molecule has 0 saturated heterocycles. The number of hydrogen-bond donors (Lipinski definition) is 0. The maximum Gasteiger partial charge on any atom is 0.352 e. The van der Waals surface area contributed by atoms with E-state index in [1.165, 1.54) is 12.6 Å². The Labute approximate surface area is 129 Å². The number of anilines is 4. The van der Waals surface area contributed by atoms with Crippen LogP contribution in [0.5, 0.6) is 6.01 Å². The van der Waals surface area contributed by atoms with Gasteiger partial charge in [-0.25, -0.2) is 5.11 Å². The van der Waals surface area contributed by atoms with Crippen LogP contribution < -0.4 is 15.4 Å². The fourth-order valence-corrected chi connectivity index (χ4v) is 2.86. The van der Waals surface area contributed by atoms with E-state index in [-0.39, 0.29) is 5.56 Å². The summed E-state index contributed by atoms with van der Waals surface area (Å²) in [5.74, 6) is 0.422. The highest BCUT2D eigenvalue weighted by Gasteiger charge is 2.31. The molecule has 1 radical (unpaired) electrons. The van der Waals surface area contributed by atoms with Gasteiger partial charge in [0.25, 0.3) is 5.56 Å². The summed E-state index contributed by atoms with van der Waals surface area (Å²) in [5.41, 5.74) is 4.40. The van der Waals surface area contributed by atoms with Crippen molar-refractivity contribution in [1.29, 1.82) is 0 Å². The van der Waals surface area contributed by atoms with Crippen LogP contribution in [-0.4, -0.2) is 23.1 Å². The third-order valence-electron chi connectivity index (χ3n) is 4.35. The van der Waals surface area contributed by atoms with Crippen molar-refractivity contribution in [1.82, 2.24) is 9.55 Å². The molecule has 0 N–H and O–H groups in total. The summed E-state index contributed by atoms with van der Waals surface area (Å²) in [5, 5.41) is 11.9. The van der Waals surface area contributed by atoms with Gasteiger partial charge in [-0.05, 0) is 44.0 Å². The van der Waals surface area contributed by atoms with Crippen LogP contribution in [-0.2, 0) is 12.2 Å². The van der Waals surface area contributed by atoms with Gasteiger partial charge in [0.2, 0.25) is 0 Å². The van der Waals surface area contributed by atoms with Gasteiger partial charge in [0.1, 0.15) is 0 Å². The summed E-state index contributed by atoms with van der Waals surface area (Å²) in [7, 11) is 3.30. The number of fused-ring (bicyclic) bond motifs is 2. The lowest BCUT2D eigenvalue weighted by Crippen LogP contribution is -2.35. The fourth-order valence-electron chi connectivity index (χ4n) is 2.86. The van der Waals surface area contributed by atoms with Crippen LogP contribution in [0.15, 0.2) is 16.9 Å². The van der Waals surface area contributed by atoms with Gasteiger partial charge in [0.05, 0.1) is 11.4 Å². The number of aromatic nitrogens is 2. The summed E-state index contributed by atoms with van der Waals surface area (Å²) in [6, 6.07) is 3.62. The Morgan fingerprint density at radius 3 is 2.27 bits per heavy atom. The number of hydrogen-bond acceptors (Lipinski definition) is 4. The van der Waals surface area contributed by atoms with E-state index in [9.17, 15) is 9.90 Å². The van der Waals surface area contributed by atoms with E-state index in [0.29, 0.717) is 18.1 Å². The van der Waals surface area contributed by atoms with Crippen molar-refractivity contribution in [3.63, 3.8) is 0 Å². The van der Waals surface area contributed by atoms with Crippen molar-refractivity contribution in [2.45, 2.75) is 20.8 Å². The zero-order valence-corrected chi connectivity index (χ0v) is 13.5. The van der Waals surface area contributed by atoms with Gasteiger partial charge in [-0.15, -0.1) is 0 Å². The maximum absolute atomic E-state index is 12.6. The highest BCUT2D eigenvalue weighted by atomic mass is 16.3. The molecule has 0 spiro atoms. The fraction of sp³-hybridized carbons (Fsp3) is 0.375. The summed E-state index contributed by atoms with van der Waals surface area (Å²) >= 11 is 0. The molecule has 1 aliphatic heterocycles. The Bertz CT molecular complexity index is 826. The van der Waals surface area contributed by atoms with Gasteiger partial charge in [-0.3, -0.25) is 9.36 Å². The van der Waals surface area contributed by atoms with Crippen LogP contribution in [0.3, 0.4) is 0 Å². The molecule has 0 aliphatic carbocycles. The molecule has 2 heterocycles. The first-order valence-corrected chi connectivity index (χ1v) is 7.27. The van der Waals surface area contributed by atoms with E-state index in [2.05, 4.69) is 24.0 Å². The molecule has 6 heteroatoms. The van der Waals surface area contributed by atoms with Crippen LogP contribution in [0.1, 0.15) is 18.1 Å². The Morgan fingerprint density at radius 2 is 1.68 bits per heavy atom. The van der Waals surface area contributed by atoms with Crippen molar-refractivity contribution in [2.75, 3.05) is 23.4 Å². The lowest BCUT2D eigenvalue weighted by Gasteiger charge is -2.37. The van der Waals surface area contributed by atoms with Crippen molar-refractivity contribution < 1.29 is 5.11 Å². The van der Waals surface area contributed by atoms with Gasteiger partial charge < -0.3 is 9.80 Å². The van der Waals surface area contributed by atoms with Crippen molar-refractivity contribution >= 4 is 22.9 Å². The minimum Gasteiger partial charge on any atom is -0.332 e. The van der Waals surface area contributed by atoms with Gasteiger partial charge in [0.15, 0.2) is 11.5 Å². The smallest absolute Gasteiger partial charge is 0.332 e. The minimum atomic E-state index is -0.529. The number of aryl methyl sites for hydroxylation is 2. The standard InChI is InChI=1S/C16H19N4O2/c1-6-20-12-8-10(3)9(2)7-11(12)18(4)14-13(20)15(21)19(5)16(22)17-14/h7-8H,6H2,1-5H3. The molecule has 0 fully saturated rings. The molecule has 115 valence electrons. The molecule has 2 aromatic rings. The van der Waals surface area contributed by atoms with Crippen molar-refractivity contribution in [2.24, 2.45) is 7.05 Å². The van der Waals surface area contributed by atoms with Crippen LogP contribution >= 0.6 is 0 Å². The van der Waals surface area contributed by atoms with Crippen LogP contribution in [0.25, 0.3) is 0 Å². The molecule has 0 bridgehead atoms. The second kappa shape index (κ2) is 4.76. The molecule has 0 saturated carbocycles. The Balaban J connectivity index is 2.37. The van der Waals surface area contributed by atoms with E-state index in [1.807, 2.05) is 30.7 Å². The monoisotopic (exact) mass is 299 g/mol.